The van der Waals surface area contributed by atoms with E-state index >= 15 is 0 Å². The van der Waals surface area contributed by atoms with E-state index in [1.165, 1.54) is 11.1 Å². The molecule has 5 nitrogen and oxygen atoms in total. The van der Waals surface area contributed by atoms with Gasteiger partial charge in [0.2, 0.25) is 5.95 Å². The number of anilines is 3. The number of hydrogen-bond donors (Lipinski definition) is 2. The number of nitrogens with one attached hydrogen (secondary N) is 2. The highest BCUT2D eigenvalue weighted by atomic mass is 35.5. The molecular formula is C19H20ClN5. The van der Waals surface area contributed by atoms with E-state index in [-0.39, 0.29) is 0 Å². The fourth-order valence-corrected chi connectivity index (χ4v) is 2.63. The fourth-order valence-electron chi connectivity index (χ4n) is 2.50. The summed E-state index contributed by atoms with van der Waals surface area (Å²) in [5.41, 5.74) is 4.61. The maximum Gasteiger partial charge on any atom is 0.244 e. The average molecular weight is 354 g/mol. The van der Waals surface area contributed by atoms with Gasteiger partial charge < -0.3 is 10.6 Å². The van der Waals surface area contributed by atoms with Gasteiger partial charge >= 0.3 is 0 Å². The van der Waals surface area contributed by atoms with Crippen LogP contribution in [-0.2, 0) is 6.42 Å². The molecule has 2 N–H and O–H groups in total. The van der Waals surface area contributed by atoms with Crippen molar-refractivity contribution in [2.75, 3.05) is 17.2 Å². The van der Waals surface area contributed by atoms with Crippen molar-refractivity contribution < 1.29 is 0 Å². The zero-order valence-corrected chi connectivity index (χ0v) is 15.0. The first-order valence-electron chi connectivity index (χ1n) is 8.12. The Morgan fingerprint density at radius 1 is 1.04 bits per heavy atom. The van der Waals surface area contributed by atoms with Crippen LogP contribution in [0.1, 0.15) is 16.7 Å². The lowest BCUT2D eigenvalue weighted by Gasteiger charge is -2.10. The summed E-state index contributed by atoms with van der Waals surface area (Å²) in [5, 5.41) is 15.3. The van der Waals surface area contributed by atoms with Crippen LogP contribution in [0.3, 0.4) is 0 Å². The summed E-state index contributed by atoms with van der Waals surface area (Å²) in [6.07, 6.45) is 2.47. The van der Waals surface area contributed by atoms with Crippen molar-refractivity contribution in [3.05, 3.63) is 70.4 Å². The first kappa shape index (κ1) is 17.2. The molecule has 2 aromatic carbocycles. The molecule has 3 aromatic rings. The monoisotopic (exact) mass is 353 g/mol. The third-order valence-corrected chi connectivity index (χ3v) is 4.07. The lowest BCUT2D eigenvalue weighted by Crippen LogP contribution is -2.09. The SMILES string of the molecule is Cc1ccc(Nc2cnnc(NCCc3ccc(Cl)cc3)n2)c(C)c1. The van der Waals surface area contributed by atoms with Crippen LogP contribution < -0.4 is 10.6 Å². The Labute approximate surface area is 152 Å². The second-order valence-corrected chi connectivity index (χ2v) is 6.35. The molecule has 0 bridgehead atoms. The van der Waals surface area contributed by atoms with Crippen LogP contribution in [-0.4, -0.2) is 21.7 Å². The number of benzene rings is 2. The number of aryl methyl sites for hydroxylation is 2. The van der Waals surface area contributed by atoms with E-state index in [2.05, 4.69) is 51.8 Å². The summed E-state index contributed by atoms with van der Waals surface area (Å²) in [6.45, 7) is 4.86. The molecule has 0 fully saturated rings. The standard InChI is InChI=1S/C19H20ClN5/c1-13-3-8-17(14(2)11-13)23-18-12-22-25-19(24-18)21-10-9-15-4-6-16(20)7-5-15/h3-8,11-12H,9-10H2,1-2H3,(H2,21,23,24,25). The summed E-state index contributed by atoms with van der Waals surface area (Å²) in [5.74, 6) is 1.17. The Morgan fingerprint density at radius 2 is 1.84 bits per heavy atom. The molecule has 1 aromatic heterocycles. The molecule has 0 aliphatic heterocycles. The molecule has 0 aliphatic rings. The number of halogens is 1. The van der Waals surface area contributed by atoms with Crippen molar-refractivity contribution in [3.8, 4) is 0 Å². The van der Waals surface area contributed by atoms with Gasteiger partial charge in [-0.15, -0.1) is 5.10 Å². The Balaban J connectivity index is 1.60. The second kappa shape index (κ2) is 7.94. The first-order valence-corrected chi connectivity index (χ1v) is 8.50. The molecule has 0 aliphatic carbocycles. The molecule has 0 spiro atoms. The molecule has 0 saturated carbocycles. The Bertz CT molecular complexity index is 849. The molecule has 0 amide bonds. The molecule has 3 rings (SSSR count). The fraction of sp³-hybridized carbons (Fsp3) is 0.211. The van der Waals surface area contributed by atoms with Gasteiger partial charge in [0.15, 0.2) is 5.82 Å². The van der Waals surface area contributed by atoms with Gasteiger partial charge in [-0.25, -0.2) is 0 Å². The van der Waals surface area contributed by atoms with Crippen LogP contribution in [0.25, 0.3) is 0 Å². The van der Waals surface area contributed by atoms with E-state index in [1.54, 1.807) is 6.20 Å². The van der Waals surface area contributed by atoms with E-state index in [4.69, 9.17) is 11.6 Å². The molecule has 0 radical (unpaired) electrons. The summed E-state index contributed by atoms with van der Waals surface area (Å²) in [7, 11) is 0. The maximum atomic E-state index is 5.89. The lowest BCUT2D eigenvalue weighted by atomic mass is 10.1. The van der Waals surface area contributed by atoms with Crippen molar-refractivity contribution in [2.45, 2.75) is 20.3 Å². The van der Waals surface area contributed by atoms with Crippen LogP contribution in [0.15, 0.2) is 48.7 Å². The van der Waals surface area contributed by atoms with Crippen molar-refractivity contribution in [1.82, 2.24) is 15.2 Å². The number of rotatable bonds is 6. The van der Waals surface area contributed by atoms with Crippen LogP contribution in [0, 0.1) is 13.8 Å². The third kappa shape index (κ3) is 4.90. The summed E-state index contributed by atoms with van der Waals surface area (Å²) in [4.78, 5) is 4.46. The molecule has 0 saturated heterocycles. The van der Waals surface area contributed by atoms with Crippen molar-refractivity contribution in [1.29, 1.82) is 0 Å². The average Bonchev–Trinajstić information content (AvgIpc) is 2.60. The van der Waals surface area contributed by atoms with Gasteiger partial charge in [0.25, 0.3) is 0 Å². The summed E-state index contributed by atoms with van der Waals surface area (Å²) < 4.78 is 0. The molecule has 6 heteroatoms. The quantitative estimate of drug-likeness (QED) is 0.681. The van der Waals surface area contributed by atoms with Gasteiger partial charge in [0, 0.05) is 17.3 Å². The largest absolute Gasteiger partial charge is 0.353 e. The van der Waals surface area contributed by atoms with Crippen LogP contribution in [0.2, 0.25) is 5.02 Å². The van der Waals surface area contributed by atoms with E-state index in [1.807, 2.05) is 30.3 Å². The van der Waals surface area contributed by atoms with Gasteiger partial charge in [0.05, 0.1) is 6.20 Å². The number of nitrogens with zero attached hydrogens (tertiary/aromatic N) is 3. The van der Waals surface area contributed by atoms with Gasteiger partial charge in [-0.2, -0.15) is 10.1 Å². The van der Waals surface area contributed by atoms with Gasteiger partial charge in [-0.3, -0.25) is 0 Å². The van der Waals surface area contributed by atoms with Crippen LogP contribution >= 0.6 is 11.6 Å². The first-order chi connectivity index (χ1) is 12.1. The zero-order chi connectivity index (χ0) is 17.6. The predicted octanol–water partition coefficient (Wildman–Crippen LogP) is 4.54. The molecule has 0 atom stereocenters. The second-order valence-electron chi connectivity index (χ2n) is 5.91. The smallest absolute Gasteiger partial charge is 0.244 e. The normalized spacial score (nSPS) is 10.5. The van der Waals surface area contributed by atoms with Crippen LogP contribution in [0.5, 0.6) is 0 Å². The molecule has 1 heterocycles. The van der Waals surface area contributed by atoms with Crippen molar-refractivity contribution >= 4 is 29.1 Å². The zero-order valence-electron chi connectivity index (χ0n) is 14.3. The Kier molecular flexibility index (Phi) is 5.46. The third-order valence-electron chi connectivity index (χ3n) is 3.81. The van der Waals surface area contributed by atoms with Gasteiger partial charge in [0.1, 0.15) is 0 Å². The summed E-state index contributed by atoms with van der Waals surface area (Å²) in [6, 6.07) is 14.0. The minimum absolute atomic E-state index is 0.503. The van der Waals surface area contributed by atoms with Crippen molar-refractivity contribution in [3.63, 3.8) is 0 Å². The van der Waals surface area contributed by atoms with Crippen LogP contribution in [0.4, 0.5) is 17.5 Å². The Hall–Kier alpha value is -2.66. The Morgan fingerprint density at radius 3 is 2.60 bits per heavy atom. The topological polar surface area (TPSA) is 62.7 Å². The lowest BCUT2D eigenvalue weighted by molar-refractivity contribution is 0.929. The van der Waals surface area contributed by atoms with Gasteiger partial charge in [-0.1, -0.05) is 41.4 Å². The highest BCUT2D eigenvalue weighted by Crippen LogP contribution is 2.20. The molecular weight excluding hydrogens is 334 g/mol. The maximum absolute atomic E-state index is 5.89. The summed E-state index contributed by atoms with van der Waals surface area (Å²) >= 11 is 5.89. The minimum Gasteiger partial charge on any atom is -0.353 e. The highest BCUT2D eigenvalue weighted by molar-refractivity contribution is 6.30. The molecule has 128 valence electrons. The van der Waals surface area contributed by atoms with E-state index in [9.17, 15) is 0 Å². The number of aromatic nitrogens is 3. The number of hydrogen-bond acceptors (Lipinski definition) is 5. The predicted molar refractivity (Wildman–Crippen MR) is 103 cm³/mol. The van der Waals surface area contributed by atoms with Crippen molar-refractivity contribution in [2.24, 2.45) is 0 Å². The van der Waals surface area contributed by atoms with E-state index in [0.29, 0.717) is 11.8 Å². The molecule has 25 heavy (non-hydrogen) atoms. The van der Waals surface area contributed by atoms with Gasteiger partial charge in [-0.05, 0) is 49.6 Å². The minimum atomic E-state index is 0.503. The van der Waals surface area contributed by atoms with E-state index < -0.39 is 0 Å². The highest BCUT2D eigenvalue weighted by Gasteiger charge is 2.03. The molecule has 0 unspecified atom stereocenters. The van der Waals surface area contributed by atoms with E-state index in [0.717, 1.165) is 29.2 Å².